The van der Waals surface area contributed by atoms with Gasteiger partial charge in [-0.15, -0.1) is 20.4 Å². The Kier molecular flexibility index (Phi) is 5.40. The minimum Gasteiger partial charge on any atom is -0.419 e. The average molecular weight is 410 g/mol. The van der Waals surface area contributed by atoms with E-state index in [2.05, 4.69) is 44.8 Å². The third-order valence-corrected chi connectivity index (χ3v) is 6.02. The van der Waals surface area contributed by atoms with Crippen molar-refractivity contribution < 1.29 is 4.42 Å². The summed E-state index contributed by atoms with van der Waals surface area (Å²) >= 11 is 3.05. The summed E-state index contributed by atoms with van der Waals surface area (Å²) in [6.45, 7) is 6.12. The maximum atomic E-state index is 5.87. The lowest BCUT2D eigenvalue weighted by Crippen LogP contribution is -1.89. The summed E-state index contributed by atoms with van der Waals surface area (Å²) in [7, 11) is 0. The van der Waals surface area contributed by atoms with Gasteiger partial charge in [0.1, 0.15) is 0 Å². The van der Waals surface area contributed by atoms with Gasteiger partial charge >= 0.3 is 0 Å². The van der Waals surface area contributed by atoms with E-state index in [-0.39, 0.29) is 5.25 Å². The smallest absolute Gasteiger partial charge is 0.247 e. The Labute approximate surface area is 171 Å². The number of aryl methyl sites for hydroxylation is 2. The van der Waals surface area contributed by atoms with E-state index in [4.69, 9.17) is 4.42 Å². The molecule has 6 nitrogen and oxygen atoms in total. The zero-order valence-electron chi connectivity index (χ0n) is 15.7. The summed E-state index contributed by atoms with van der Waals surface area (Å²) in [4.78, 5) is 0. The molecule has 0 spiro atoms. The summed E-state index contributed by atoms with van der Waals surface area (Å²) in [5.41, 5.74) is 4.28. The van der Waals surface area contributed by atoms with Gasteiger partial charge < -0.3 is 9.73 Å². The number of nitrogens with zero attached hydrogens (tertiary/aromatic N) is 4. The maximum absolute atomic E-state index is 5.87. The van der Waals surface area contributed by atoms with Crippen molar-refractivity contribution in [2.24, 2.45) is 0 Å². The molecule has 0 saturated heterocycles. The fourth-order valence-electron chi connectivity index (χ4n) is 2.65. The molecule has 2 aromatic carbocycles. The minimum absolute atomic E-state index is 0.0224. The third-order valence-electron chi connectivity index (χ3n) is 4.01. The van der Waals surface area contributed by atoms with E-state index in [9.17, 15) is 0 Å². The molecule has 0 aliphatic rings. The zero-order valence-corrected chi connectivity index (χ0v) is 17.3. The van der Waals surface area contributed by atoms with Crippen molar-refractivity contribution in [1.82, 2.24) is 20.4 Å². The molecule has 4 aromatic rings. The molecule has 0 aliphatic heterocycles. The highest BCUT2D eigenvalue weighted by atomic mass is 32.2. The number of rotatable bonds is 6. The number of hydrogen-bond acceptors (Lipinski definition) is 8. The first-order chi connectivity index (χ1) is 13.6. The third kappa shape index (κ3) is 4.40. The fourth-order valence-corrected chi connectivity index (χ4v) is 4.60. The molecule has 0 unspecified atom stereocenters. The molecule has 0 aliphatic carbocycles. The predicted octanol–water partition coefficient (Wildman–Crippen LogP) is 5.80. The highest BCUT2D eigenvalue weighted by Crippen LogP contribution is 2.38. The van der Waals surface area contributed by atoms with Crippen molar-refractivity contribution in [2.45, 2.75) is 30.4 Å². The van der Waals surface area contributed by atoms with Gasteiger partial charge in [0.05, 0.1) is 5.25 Å². The van der Waals surface area contributed by atoms with Gasteiger partial charge in [0, 0.05) is 11.3 Å². The molecule has 0 bridgehead atoms. The van der Waals surface area contributed by atoms with E-state index in [0.717, 1.165) is 26.3 Å². The molecule has 28 heavy (non-hydrogen) atoms. The Morgan fingerprint density at radius 2 is 1.75 bits per heavy atom. The number of thioether (sulfide) groups is 1. The molecule has 0 amide bonds. The molecule has 0 fully saturated rings. The molecule has 4 rings (SSSR count). The highest BCUT2D eigenvalue weighted by Gasteiger charge is 2.18. The van der Waals surface area contributed by atoms with Crippen LogP contribution in [0.25, 0.3) is 11.5 Å². The second-order valence-electron chi connectivity index (χ2n) is 6.44. The van der Waals surface area contributed by atoms with Gasteiger partial charge in [0.2, 0.25) is 16.9 Å². The molecule has 0 saturated carbocycles. The van der Waals surface area contributed by atoms with Crippen molar-refractivity contribution in [2.75, 3.05) is 5.32 Å². The molecule has 142 valence electrons. The first-order valence-electron chi connectivity index (χ1n) is 8.81. The van der Waals surface area contributed by atoms with Gasteiger partial charge in [-0.1, -0.05) is 52.9 Å². The quantitative estimate of drug-likeness (QED) is 0.403. The normalized spacial score (nSPS) is 12.1. The first-order valence-corrected chi connectivity index (χ1v) is 10.5. The molecular weight excluding hydrogens is 390 g/mol. The average Bonchev–Trinajstić information content (AvgIpc) is 3.32. The summed E-state index contributed by atoms with van der Waals surface area (Å²) in [5.74, 6) is 1.11. The molecule has 2 aromatic heterocycles. The van der Waals surface area contributed by atoms with Gasteiger partial charge in [-0.3, -0.25) is 0 Å². The number of hydrogen-bond donors (Lipinski definition) is 1. The van der Waals surface area contributed by atoms with Crippen LogP contribution in [-0.2, 0) is 0 Å². The summed E-state index contributed by atoms with van der Waals surface area (Å²) in [6.07, 6.45) is 0. The van der Waals surface area contributed by atoms with E-state index in [1.807, 2.05) is 50.2 Å². The standard InChI is InChI=1S/C20H19N5OS2/c1-12-6-4-8-15(10-12)18-23-22-17(26-18)14(3)27-20-25-24-19(28-20)21-16-9-5-7-13(2)11-16/h4-11,14H,1-3H3,(H,21,24)/t14-/m1/s1. The van der Waals surface area contributed by atoms with Gasteiger partial charge in [0.25, 0.3) is 0 Å². The monoisotopic (exact) mass is 409 g/mol. The second-order valence-corrected chi connectivity index (χ2v) is 9.01. The second kappa shape index (κ2) is 8.12. The van der Waals surface area contributed by atoms with Crippen molar-refractivity contribution in [3.63, 3.8) is 0 Å². The number of anilines is 2. The topological polar surface area (TPSA) is 76.7 Å². The molecule has 1 N–H and O–H groups in total. The number of nitrogens with one attached hydrogen (secondary N) is 1. The summed E-state index contributed by atoms with van der Waals surface area (Å²) in [5, 5.41) is 20.9. The summed E-state index contributed by atoms with van der Waals surface area (Å²) < 4.78 is 6.72. The van der Waals surface area contributed by atoms with Crippen LogP contribution in [0.3, 0.4) is 0 Å². The van der Waals surface area contributed by atoms with Gasteiger partial charge in [-0.05, 0) is 50.6 Å². The lowest BCUT2D eigenvalue weighted by atomic mass is 10.1. The fraction of sp³-hybridized carbons (Fsp3) is 0.200. The number of aromatic nitrogens is 4. The van der Waals surface area contributed by atoms with E-state index in [1.54, 1.807) is 11.8 Å². The first kappa shape index (κ1) is 18.6. The lowest BCUT2D eigenvalue weighted by Gasteiger charge is -2.03. The van der Waals surface area contributed by atoms with Crippen LogP contribution in [0.5, 0.6) is 0 Å². The van der Waals surface area contributed by atoms with Crippen LogP contribution in [0, 0.1) is 13.8 Å². The molecule has 8 heteroatoms. The molecule has 0 radical (unpaired) electrons. The molecule has 2 heterocycles. The molecular formula is C20H19N5OS2. The maximum Gasteiger partial charge on any atom is 0.247 e. The largest absolute Gasteiger partial charge is 0.419 e. The van der Waals surface area contributed by atoms with Crippen molar-refractivity contribution in [3.8, 4) is 11.5 Å². The van der Waals surface area contributed by atoms with Crippen LogP contribution in [0.15, 0.2) is 57.3 Å². The van der Waals surface area contributed by atoms with Crippen LogP contribution in [0.4, 0.5) is 10.8 Å². The lowest BCUT2D eigenvalue weighted by molar-refractivity contribution is 0.509. The Bertz CT molecular complexity index is 1090. The van der Waals surface area contributed by atoms with Crippen LogP contribution in [0.1, 0.15) is 29.2 Å². The van der Waals surface area contributed by atoms with Crippen LogP contribution in [0.2, 0.25) is 0 Å². The summed E-state index contributed by atoms with van der Waals surface area (Å²) in [6, 6.07) is 16.2. The SMILES string of the molecule is Cc1cccc(Nc2nnc(S[C@H](C)c3nnc(-c4cccc(C)c4)o3)s2)c1. The zero-order chi connectivity index (χ0) is 19.5. The highest BCUT2D eigenvalue weighted by molar-refractivity contribution is 8.01. The van der Waals surface area contributed by atoms with Crippen molar-refractivity contribution in [3.05, 3.63) is 65.5 Å². The van der Waals surface area contributed by atoms with E-state index in [0.29, 0.717) is 11.8 Å². The van der Waals surface area contributed by atoms with E-state index < -0.39 is 0 Å². The molecule has 1 atom stereocenters. The van der Waals surface area contributed by atoms with Crippen molar-refractivity contribution >= 4 is 33.9 Å². The Morgan fingerprint density at radius 1 is 0.964 bits per heavy atom. The Balaban J connectivity index is 1.43. The van der Waals surface area contributed by atoms with Gasteiger partial charge in [-0.25, -0.2) is 0 Å². The minimum atomic E-state index is -0.0224. The van der Waals surface area contributed by atoms with Crippen LogP contribution >= 0.6 is 23.1 Å². The Morgan fingerprint density at radius 3 is 2.54 bits per heavy atom. The van der Waals surface area contributed by atoms with E-state index in [1.165, 1.54) is 16.9 Å². The van der Waals surface area contributed by atoms with Gasteiger partial charge in [0.15, 0.2) is 4.34 Å². The van der Waals surface area contributed by atoms with Gasteiger partial charge in [-0.2, -0.15) is 0 Å². The van der Waals surface area contributed by atoms with E-state index >= 15 is 0 Å². The number of benzene rings is 2. The van der Waals surface area contributed by atoms with Crippen LogP contribution in [-0.4, -0.2) is 20.4 Å². The predicted molar refractivity (Wildman–Crippen MR) is 113 cm³/mol. The van der Waals surface area contributed by atoms with Crippen LogP contribution < -0.4 is 5.32 Å². The van der Waals surface area contributed by atoms with Crippen molar-refractivity contribution in [1.29, 1.82) is 0 Å². The Hall–Kier alpha value is -2.71.